The molecule has 1 aliphatic rings. The topological polar surface area (TPSA) is 174 Å². The Labute approximate surface area is 257 Å². The van der Waals surface area contributed by atoms with Gasteiger partial charge in [-0.05, 0) is 67.0 Å². The minimum Gasteiger partial charge on any atom is -0.506 e. The number of ether oxygens (including phenoxy) is 1. The van der Waals surface area contributed by atoms with Gasteiger partial charge < -0.3 is 30.7 Å². The average molecular weight is 626 g/mol. The van der Waals surface area contributed by atoms with Gasteiger partial charge in [-0.25, -0.2) is 13.2 Å². The number of carbonyl (C=O) groups excluding carboxylic acids is 1. The Balaban J connectivity index is 1.19. The Hall–Kier alpha value is -4.13. The molecule has 0 aliphatic heterocycles. The van der Waals surface area contributed by atoms with Gasteiger partial charge in [-0.15, -0.1) is 0 Å². The number of carboxylic acid groups (broad SMARTS) is 1. The molecule has 0 radical (unpaired) electrons. The fourth-order valence-electron chi connectivity index (χ4n) is 5.27. The molecule has 0 bridgehead atoms. The normalized spacial score (nSPS) is 18.1. The predicted octanol–water partition coefficient (Wildman–Crippen LogP) is 3.25. The number of aliphatic carboxylic acids is 1. The average Bonchev–Trinajstić information content (AvgIpc) is 3.00. The molecule has 2 atom stereocenters. The number of carbonyl (C=O) groups is 2. The maximum atomic E-state index is 12.8. The van der Waals surface area contributed by atoms with Crippen molar-refractivity contribution >= 4 is 27.6 Å². The molecule has 1 aliphatic carbocycles. The van der Waals surface area contributed by atoms with Crippen molar-refractivity contribution in [2.75, 3.05) is 24.1 Å². The number of nitrogens with one attached hydrogen (secondary N) is 3. The van der Waals surface area contributed by atoms with Crippen LogP contribution in [0.15, 0.2) is 72.8 Å². The van der Waals surface area contributed by atoms with Crippen LogP contribution in [0.3, 0.4) is 0 Å². The zero-order valence-corrected chi connectivity index (χ0v) is 25.3. The third-order valence-electron chi connectivity index (χ3n) is 7.61. The highest BCUT2D eigenvalue weighted by Gasteiger charge is 2.24. The van der Waals surface area contributed by atoms with Crippen molar-refractivity contribution in [3.05, 3.63) is 89.5 Å². The summed E-state index contributed by atoms with van der Waals surface area (Å²) in [6.07, 6.45) is 4.10. The smallest absolute Gasteiger partial charge is 0.326 e. The van der Waals surface area contributed by atoms with E-state index >= 15 is 0 Å². The summed E-state index contributed by atoms with van der Waals surface area (Å²) in [5.41, 5.74) is 2.37. The third-order valence-corrected chi connectivity index (χ3v) is 8.20. The van der Waals surface area contributed by atoms with E-state index in [1.165, 1.54) is 18.2 Å². The fraction of sp³-hybridized carbons (Fsp3) is 0.375. The van der Waals surface area contributed by atoms with E-state index in [1.807, 2.05) is 42.5 Å². The zero-order chi connectivity index (χ0) is 31.7. The van der Waals surface area contributed by atoms with Gasteiger partial charge >= 0.3 is 5.97 Å². The molecule has 6 N–H and O–H groups in total. The number of hydrogen-bond donors (Lipinski definition) is 6. The van der Waals surface area contributed by atoms with Crippen LogP contribution in [-0.4, -0.2) is 73.2 Å². The molecule has 4 rings (SSSR count). The molecule has 0 aromatic heterocycles. The molecule has 11 nitrogen and oxygen atoms in total. The van der Waals surface area contributed by atoms with Crippen molar-refractivity contribution in [3.63, 3.8) is 0 Å². The van der Waals surface area contributed by atoms with Gasteiger partial charge in [0.05, 0.1) is 11.9 Å². The van der Waals surface area contributed by atoms with Crippen molar-refractivity contribution in [1.29, 1.82) is 0 Å². The Bertz CT molecular complexity index is 1510. The molecule has 2 unspecified atom stereocenters. The van der Waals surface area contributed by atoms with E-state index in [4.69, 9.17) is 4.74 Å². The monoisotopic (exact) mass is 625 g/mol. The minimum atomic E-state index is -3.57. The largest absolute Gasteiger partial charge is 0.506 e. The van der Waals surface area contributed by atoms with Crippen LogP contribution in [0.1, 0.15) is 53.1 Å². The quantitative estimate of drug-likeness (QED) is 0.147. The number of anilines is 1. The number of carboxylic acids is 1. The lowest BCUT2D eigenvalue weighted by molar-refractivity contribution is -0.139. The van der Waals surface area contributed by atoms with E-state index in [-0.39, 0.29) is 30.5 Å². The Morgan fingerprint density at radius 3 is 2.30 bits per heavy atom. The highest BCUT2D eigenvalue weighted by Crippen LogP contribution is 2.33. The van der Waals surface area contributed by atoms with Gasteiger partial charge in [-0.2, -0.15) is 0 Å². The molecule has 236 valence electrons. The summed E-state index contributed by atoms with van der Waals surface area (Å²) < 4.78 is 30.7. The number of benzene rings is 3. The number of phenolic OH excluding ortho intramolecular Hbond substituents is 1. The van der Waals surface area contributed by atoms with Crippen LogP contribution in [0.25, 0.3) is 0 Å². The standard InChI is InChI=1S/C32H39N3O8S/c1-44(41,42)35-28-18-27(15-16-30(28)37)43-20-26(36)19-33-25-13-11-23(12-14-25)22-7-9-24(10-8-22)31(38)34-29(32(39)40)17-21-5-3-2-4-6-21/h2-10,15-16,18,23,25-26,29,33,35-37H,11-14,17,19-20H2,1H3,(H,34,38)(H,39,40). The summed E-state index contributed by atoms with van der Waals surface area (Å²) >= 11 is 0. The van der Waals surface area contributed by atoms with Crippen LogP contribution >= 0.6 is 0 Å². The van der Waals surface area contributed by atoms with E-state index in [9.17, 15) is 33.3 Å². The van der Waals surface area contributed by atoms with E-state index in [0.717, 1.165) is 43.1 Å². The lowest BCUT2D eigenvalue weighted by atomic mass is 9.81. The summed E-state index contributed by atoms with van der Waals surface area (Å²) in [6, 6.07) is 19.9. The maximum absolute atomic E-state index is 12.8. The number of rotatable bonds is 14. The molecule has 0 saturated heterocycles. The van der Waals surface area contributed by atoms with Gasteiger partial charge in [-0.3, -0.25) is 9.52 Å². The van der Waals surface area contributed by atoms with E-state index in [1.54, 1.807) is 12.1 Å². The second-order valence-corrected chi connectivity index (χ2v) is 12.9. The Morgan fingerprint density at radius 2 is 1.66 bits per heavy atom. The van der Waals surface area contributed by atoms with E-state index in [0.29, 0.717) is 23.8 Å². The predicted molar refractivity (Wildman–Crippen MR) is 167 cm³/mol. The van der Waals surface area contributed by atoms with Crippen LogP contribution < -0.4 is 20.1 Å². The summed E-state index contributed by atoms with van der Waals surface area (Å²) in [6.45, 7) is 0.318. The van der Waals surface area contributed by atoms with Crippen molar-refractivity contribution < 1.29 is 38.1 Å². The Morgan fingerprint density at radius 1 is 0.977 bits per heavy atom. The van der Waals surface area contributed by atoms with E-state index in [2.05, 4.69) is 15.4 Å². The molecule has 1 saturated carbocycles. The van der Waals surface area contributed by atoms with Crippen molar-refractivity contribution in [3.8, 4) is 11.5 Å². The van der Waals surface area contributed by atoms with Crippen LogP contribution in [0.2, 0.25) is 0 Å². The third kappa shape index (κ3) is 9.97. The van der Waals surface area contributed by atoms with Gasteiger partial charge in [0.25, 0.3) is 5.91 Å². The van der Waals surface area contributed by atoms with Crippen LogP contribution in [0, 0.1) is 0 Å². The molecule has 0 spiro atoms. The summed E-state index contributed by atoms with van der Waals surface area (Å²) in [7, 11) is -3.57. The molecule has 3 aromatic carbocycles. The van der Waals surface area contributed by atoms with Gasteiger partial charge in [0.1, 0.15) is 30.3 Å². The number of amides is 1. The lowest BCUT2D eigenvalue weighted by Crippen LogP contribution is -2.42. The van der Waals surface area contributed by atoms with Gasteiger partial charge in [0.15, 0.2) is 0 Å². The first-order chi connectivity index (χ1) is 21.0. The molecule has 1 fully saturated rings. The molecular formula is C32H39N3O8S. The molecule has 44 heavy (non-hydrogen) atoms. The van der Waals surface area contributed by atoms with Crippen LogP contribution in [0.5, 0.6) is 11.5 Å². The second kappa shape index (κ2) is 15.0. The highest BCUT2D eigenvalue weighted by molar-refractivity contribution is 7.92. The molecular weight excluding hydrogens is 586 g/mol. The minimum absolute atomic E-state index is 0.00191. The molecule has 12 heteroatoms. The van der Waals surface area contributed by atoms with Gasteiger partial charge in [0.2, 0.25) is 10.0 Å². The summed E-state index contributed by atoms with van der Waals surface area (Å²) in [4.78, 5) is 24.5. The van der Waals surface area contributed by atoms with Crippen molar-refractivity contribution in [1.82, 2.24) is 10.6 Å². The van der Waals surface area contributed by atoms with E-state index < -0.39 is 34.0 Å². The summed E-state index contributed by atoms with van der Waals surface area (Å²) in [5.74, 6) is -1.09. The summed E-state index contributed by atoms with van der Waals surface area (Å²) in [5, 5.41) is 35.8. The van der Waals surface area contributed by atoms with Crippen molar-refractivity contribution in [2.45, 2.75) is 56.2 Å². The first-order valence-electron chi connectivity index (χ1n) is 14.5. The first-order valence-corrected chi connectivity index (χ1v) is 16.4. The van der Waals surface area contributed by atoms with Gasteiger partial charge in [-0.1, -0.05) is 42.5 Å². The fourth-order valence-corrected chi connectivity index (χ4v) is 5.83. The number of aromatic hydroxyl groups is 1. The van der Waals surface area contributed by atoms with Gasteiger partial charge in [0, 0.05) is 30.6 Å². The molecule has 1 amide bonds. The number of sulfonamides is 1. The number of hydrogen-bond acceptors (Lipinski definition) is 8. The first kappa shape index (κ1) is 32.8. The Kier molecular flexibility index (Phi) is 11.2. The number of aliphatic hydroxyl groups is 1. The van der Waals surface area contributed by atoms with Crippen LogP contribution in [-0.2, 0) is 21.2 Å². The van der Waals surface area contributed by atoms with Crippen LogP contribution in [0.4, 0.5) is 5.69 Å². The van der Waals surface area contributed by atoms with Crippen molar-refractivity contribution in [2.24, 2.45) is 0 Å². The second-order valence-electron chi connectivity index (χ2n) is 11.2. The molecule has 3 aromatic rings. The highest BCUT2D eigenvalue weighted by atomic mass is 32.2. The number of aliphatic hydroxyl groups excluding tert-OH is 1. The molecule has 0 heterocycles. The maximum Gasteiger partial charge on any atom is 0.326 e. The SMILES string of the molecule is CS(=O)(=O)Nc1cc(OCC(O)CNC2CCC(c3ccc(C(=O)NC(Cc4ccccc4)C(=O)O)cc3)CC2)ccc1O. The zero-order valence-electron chi connectivity index (χ0n) is 24.5. The lowest BCUT2D eigenvalue weighted by Gasteiger charge is -2.30. The number of phenols is 1.